The minimum Gasteiger partial charge on any atom is -0.493 e. The number of benzene rings is 2. The third kappa shape index (κ3) is 4.11. The third-order valence-corrected chi connectivity index (χ3v) is 9.19. The molecule has 188 valence electrons. The van der Waals surface area contributed by atoms with E-state index in [1.54, 1.807) is 0 Å². The molecule has 5 nitrogen and oxygen atoms in total. The summed E-state index contributed by atoms with van der Waals surface area (Å²) in [4.78, 5) is 2.56. The maximum atomic E-state index is 6.30. The number of anilines is 1. The summed E-state index contributed by atoms with van der Waals surface area (Å²) < 4.78 is 14.2. The SMILES string of the molecule is CN(c1ccc2c(c1)CCOc1cc(-c3cnn(C4CCCCO4)c3)ccc1-2)[C@@H]1C[C@@H]2CC[C@@H](C2)C1. The second-order valence-corrected chi connectivity index (χ2v) is 11.5. The van der Waals surface area contributed by atoms with Gasteiger partial charge in [-0.15, -0.1) is 0 Å². The van der Waals surface area contributed by atoms with Gasteiger partial charge in [0, 0.05) is 49.1 Å². The van der Waals surface area contributed by atoms with Crippen molar-refractivity contribution in [2.45, 2.75) is 70.1 Å². The molecule has 3 fully saturated rings. The van der Waals surface area contributed by atoms with Crippen molar-refractivity contribution in [2.24, 2.45) is 11.8 Å². The van der Waals surface area contributed by atoms with E-state index >= 15 is 0 Å². The first kappa shape index (κ1) is 22.4. The van der Waals surface area contributed by atoms with Crippen LogP contribution in [0.1, 0.15) is 63.2 Å². The van der Waals surface area contributed by atoms with Gasteiger partial charge < -0.3 is 14.4 Å². The van der Waals surface area contributed by atoms with Crippen molar-refractivity contribution in [3.63, 3.8) is 0 Å². The van der Waals surface area contributed by atoms with Crippen molar-refractivity contribution in [3.05, 3.63) is 54.4 Å². The Hall–Kier alpha value is -2.79. The molecule has 4 atom stereocenters. The Kier molecular flexibility index (Phi) is 5.76. The van der Waals surface area contributed by atoms with Gasteiger partial charge in [-0.25, -0.2) is 4.68 Å². The van der Waals surface area contributed by atoms with Crippen LogP contribution >= 0.6 is 0 Å². The Morgan fingerprint density at radius 1 is 0.889 bits per heavy atom. The molecular weight excluding hydrogens is 446 g/mol. The molecule has 2 saturated carbocycles. The lowest BCUT2D eigenvalue weighted by molar-refractivity contribution is -0.0394. The molecule has 2 bridgehead atoms. The Morgan fingerprint density at radius 2 is 1.75 bits per heavy atom. The molecular formula is C31H37N3O2. The summed E-state index contributed by atoms with van der Waals surface area (Å²) in [5, 5.41) is 4.61. The lowest BCUT2D eigenvalue weighted by Crippen LogP contribution is -2.36. The number of ether oxygens (including phenoxy) is 2. The van der Waals surface area contributed by atoms with Gasteiger partial charge in [0.05, 0.1) is 12.8 Å². The average molecular weight is 484 g/mol. The number of hydrogen-bond acceptors (Lipinski definition) is 4. The van der Waals surface area contributed by atoms with E-state index in [2.05, 4.69) is 59.6 Å². The molecule has 5 heteroatoms. The van der Waals surface area contributed by atoms with Crippen LogP contribution in [0.25, 0.3) is 22.3 Å². The number of aromatic nitrogens is 2. The van der Waals surface area contributed by atoms with Crippen molar-refractivity contribution >= 4 is 5.69 Å². The fourth-order valence-corrected chi connectivity index (χ4v) is 7.16. The molecule has 1 saturated heterocycles. The first-order chi connectivity index (χ1) is 17.7. The van der Waals surface area contributed by atoms with Gasteiger partial charge in [-0.3, -0.25) is 0 Å². The highest BCUT2D eigenvalue weighted by molar-refractivity contribution is 5.79. The molecule has 1 unspecified atom stereocenters. The molecule has 0 N–H and O–H groups in total. The number of rotatable bonds is 4. The molecule has 7 rings (SSSR count). The Labute approximate surface area is 214 Å². The molecule has 36 heavy (non-hydrogen) atoms. The summed E-state index contributed by atoms with van der Waals surface area (Å²) in [7, 11) is 2.31. The smallest absolute Gasteiger partial charge is 0.150 e. The van der Waals surface area contributed by atoms with Crippen molar-refractivity contribution in [2.75, 3.05) is 25.2 Å². The minimum atomic E-state index is 0.0625. The van der Waals surface area contributed by atoms with Crippen molar-refractivity contribution in [1.29, 1.82) is 0 Å². The average Bonchev–Trinajstić information content (AvgIpc) is 3.50. The van der Waals surface area contributed by atoms with E-state index in [1.165, 1.54) is 60.9 Å². The first-order valence-electron chi connectivity index (χ1n) is 14.0. The molecule has 0 spiro atoms. The largest absolute Gasteiger partial charge is 0.493 e. The quantitative estimate of drug-likeness (QED) is 0.406. The molecule has 3 aromatic rings. The predicted octanol–water partition coefficient (Wildman–Crippen LogP) is 6.87. The van der Waals surface area contributed by atoms with Gasteiger partial charge in [0.1, 0.15) is 12.0 Å². The predicted molar refractivity (Wildman–Crippen MR) is 143 cm³/mol. The van der Waals surface area contributed by atoms with Crippen LogP contribution in [-0.4, -0.2) is 36.1 Å². The van der Waals surface area contributed by atoms with E-state index in [9.17, 15) is 0 Å². The van der Waals surface area contributed by atoms with Crippen LogP contribution in [0, 0.1) is 11.8 Å². The molecule has 4 aliphatic rings. The molecule has 1 aromatic heterocycles. The van der Waals surface area contributed by atoms with Crippen LogP contribution in [0.2, 0.25) is 0 Å². The van der Waals surface area contributed by atoms with Crippen LogP contribution in [0.15, 0.2) is 48.8 Å². The topological polar surface area (TPSA) is 39.5 Å². The van der Waals surface area contributed by atoms with Gasteiger partial charge in [-0.2, -0.15) is 5.10 Å². The molecule has 0 radical (unpaired) electrons. The number of hydrogen-bond donors (Lipinski definition) is 0. The maximum Gasteiger partial charge on any atom is 0.150 e. The summed E-state index contributed by atoms with van der Waals surface area (Å²) in [6, 6.07) is 14.4. The van der Waals surface area contributed by atoms with Crippen molar-refractivity contribution < 1.29 is 9.47 Å². The second kappa shape index (κ2) is 9.26. The second-order valence-electron chi connectivity index (χ2n) is 11.5. The van der Waals surface area contributed by atoms with E-state index in [4.69, 9.17) is 9.47 Å². The van der Waals surface area contributed by atoms with Gasteiger partial charge in [0.2, 0.25) is 0 Å². The molecule has 2 aliphatic carbocycles. The zero-order valence-electron chi connectivity index (χ0n) is 21.4. The monoisotopic (exact) mass is 483 g/mol. The Balaban J connectivity index is 1.14. The third-order valence-electron chi connectivity index (χ3n) is 9.19. The van der Waals surface area contributed by atoms with Crippen LogP contribution in [-0.2, 0) is 11.2 Å². The van der Waals surface area contributed by atoms with Crippen molar-refractivity contribution in [1.82, 2.24) is 9.78 Å². The van der Waals surface area contributed by atoms with E-state index in [-0.39, 0.29) is 6.23 Å². The number of fused-ring (bicyclic) bond motifs is 5. The maximum absolute atomic E-state index is 6.30. The normalized spacial score (nSPS) is 27.0. The van der Waals surface area contributed by atoms with Crippen LogP contribution in [0.5, 0.6) is 5.75 Å². The van der Waals surface area contributed by atoms with E-state index in [0.29, 0.717) is 12.6 Å². The summed E-state index contributed by atoms with van der Waals surface area (Å²) in [6.07, 6.45) is 15.5. The van der Waals surface area contributed by atoms with Gasteiger partial charge >= 0.3 is 0 Å². The summed E-state index contributed by atoms with van der Waals surface area (Å²) in [5.41, 5.74) is 7.51. The number of nitrogens with zero attached hydrogens (tertiary/aromatic N) is 3. The Bertz CT molecular complexity index is 1230. The van der Waals surface area contributed by atoms with E-state index in [0.717, 1.165) is 54.6 Å². The minimum absolute atomic E-state index is 0.0625. The van der Waals surface area contributed by atoms with Crippen molar-refractivity contribution in [3.8, 4) is 28.0 Å². The van der Waals surface area contributed by atoms with Crippen LogP contribution in [0.4, 0.5) is 5.69 Å². The zero-order chi connectivity index (χ0) is 24.1. The summed E-state index contributed by atoms with van der Waals surface area (Å²) in [6.45, 7) is 1.53. The highest BCUT2D eigenvalue weighted by Gasteiger charge is 2.36. The van der Waals surface area contributed by atoms with Gasteiger partial charge in [-0.05, 0) is 85.3 Å². The van der Waals surface area contributed by atoms with Crippen LogP contribution in [0.3, 0.4) is 0 Å². The molecule has 2 aliphatic heterocycles. The van der Waals surface area contributed by atoms with E-state index < -0.39 is 0 Å². The van der Waals surface area contributed by atoms with E-state index in [1.807, 2.05) is 10.9 Å². The van der Waals surface area contributed by atoms with Gasteiger partial charge in [0.25, 0.3) is 0 Å². The zero-order valence-corrected chi connectivity index (χ0v) is 21.4. The highest BCUT2D eigenvalue weighted by atomic mass is 16.5. The highest BCUT2D eigenvalue weighted by Crippen LogP contribution is 2.45. The summed E-state index contributed by atoms with van der Waals surface area (Å²) in [5.74, 6) is 2.88. The standard InChI is InChI=1S/C31H37N3O2/c1-33(27-15-21-5-6-22(14-21)16-27)26-8-10-28-24(17-26)11-13-35-30-18-23(7-9-29(28)30)25-19-32-34(20-25)31-4-2-3-12-36-31/h7-10,17-22,27,31H,2-6,11-16H2,1H3/t21-,22+,27-,31?. The van der Waals surface area contributed by atoms with Gasteiger partial charge in [-0.1, -0.05) is 31.0 Å². The fraction of sp³-hybridized carbons (Fsp3) is 0.516. The molecule has 3 heterocycles. The molecule has 0 amide bonds. The molecule has 2 aromatic carbocycles. The summed E-state index contributed by atoms with van der Waals surface area (Å²) >= 11 is 0. The van der Waals surface area contributed by atoms with Gasteiger partial charge in [0.15, 0.2) is 0 Å². The fourth-order valence-electron chi connectivity index (χ4n) is 7.16. The lowest BCUT2D eigenvalue weighted by Gasteiger charge is -2.36. The first-order valence-corrected chi connectivity index (χ1v) is 14.0. The Morgan fingerprint density at radius 3 is 2.58 bits per heavy atom. The lowest BCUT2D eigenvalue weighted by atomic mass is 9.84. The van der Waals surface area contributed by atoms with Crippen LogP contribution < -0.4 is 9.64 Å².